The highest BCUT2D eigenvalue weighted by atomic mass is 32.2. The molecule has 1 saturated heterocycles. The molecule has 0 aliphatic carbocycles. The molecule has 1 aliphatic rings. The minimum atomic E-state index is -4.93. The first-order valence-corrected chi connectivity index (χ1v) is 11.3. The van der Waals surface area contributed by atoms with Crippen molar-refractivity contribution < 1.29 is 35.9 Å². The largest absolute Gasteiger partial charge is 0.573 e. The van der Waals surface area contributed by atoms with Gasteiger partial charge in [0.2, 0.25) is 21.8 Å². The molecule has 174 valence electrons. The molecule has 8 nitrogen and oxygen atoms in total. The summed E-state index contributed by atoms with van der Waals surface area (Å²) in [6, 6.07) is 4.19. The van der Waals surface area contributed by atoms with Gasteiger partial charge < -0.3 is 15.0 Å². The molecule has 0 aromatic heterocycles. The number of benzene rings is 1. The number of likely N-dealkylation sites (N-methyl/N-ethyl adjacent to an activating group) is 1. The standard InChI is InChI=1S/C19H26F3N3O5S/c1-3-24(4-2)17(26)13-23-18(27)14-8-10-25(11-9-14)31(28,29)16-7-5-6-15(12-16)30-19(20,21)22/h5-7,12,14H,3-4,8-11,13H2,1-2H3,(H,23,27). The maximum absolute atomic E-state index is 12.8. The topological polar surface area (TPSA) is 96.0 Å². The van der Waals surface area contributed by atoms with Gasteiger partial charge in [0.25, 0.3) is 0 Å². The molecule has 0 saturated carbocycles. The predicted molar refractivity (Wildman–Crippen MR) is 106 cm³/mol. The van der Waals surface area contributed by atoms with Crippen LogP contribution in [-0.2, 0) is 19.6 Å². The minimum absolute atomic E-state index is 0.0365. The van der Waals surface area contributed by atoms with Gasteiger partial charge in [-0.3, -0.25) is 9.59 Å². The van der Waals surface area contributed by atoms with Gasteiger partial charge in [0, 0.05) is 38.2 Å². The van der Waals surface area contributed by atoms with Crippen molar-refractivity contribution in [3.63, 3.8) is 0 Å². The molecule has 1 fully saturated rings. The number of alkyl halides is 3. The van der Waals surface area contributed by atoms with E-state index in [4.69, 9.17) is 0 Å². The van der Waals surface area contributed by atoms with Crippen LogP contribution in [0, 0.1) is 5.92 Å². The second kappa shape index (κ2) is 10.3. The number of hydrogen-bond acceptors (Lipinski definition) is 5. The second-order valence-electron chi connectivity index (χ2n) is 6.98. The Hall–Kier alpha value is -2.34. The van der Waals surface area contributed by atoms with Gasteiger partial charge in [0.15, 0.2) is 0 Å². The monoisotopic (exact) mass is 465 g/mol. The Morgan fingerprint density at radius 3 is 2.35 bits per heavy atom. The van der Waals surface area contributed by atoms with E-state index in [0.29, 0.717) is 13.1 Å². The quantitative estimate of drug-likeness (QED) is 0.633. The Labute approximate surface area is 179 Å². The molecule has 2 amide bonds. The number of halogens is 3. The number of piperidine rings is 1. The van der Waals surface area contributed by atoms with Crippen LogP contribution in [0.3, 0.4) is 0 Å². The zero-order valence-corrected chi connectivity index (χ0v) is 18.1. The van der Waals surface area contributed by atoms with Crippen molar-refractivity contribution >= 4 is 21.8 Å². The Bertz CT molecular complexity index is 880. The van der Waals surface area contributed by atoms with E-state index in [1.807, 2.05) is 13.8 Å². The summed E-state index contributed by atoms with van der Waals surface area (Å²) in [5.74, 6) is -1.59. The van der Waals surface area contributed by atoms with Crippen LogP contribution in [0.1, 0.15) is 26.7 Å². The molecule has 2 rings (SSSR count). The van der Waals surface area contributed by atoms with Crippen molar-refractivity contribution in [3.8, 4) is 5.75 Å². The van der Waals surface area contributed by atoms with Crippen LogP contribution in [0.5, 0.6) is 5.75 Å². The van der Waals surface area contributed by atoms with E-state index in [0.717, 1.165) is 16.4 Å². The van der Waals surface area contributed by atoms with E-state index >= 15 is 0 Å². The molecular weight excluding hydrogens is 439 g/mol. The van der Waals surface area contributed by atoms with E-state index in [1.54, 1.807) is 4.90 Å². The molecule has 1 aromatic rings. The van der Waals surface area contributed by atoms with Crippen LogP contribution < -0.4 is 10.1 Å². The van der Waals surface area contributed by atoms with E-state index in [2.05, 4.69) is 10.1 Å². The summed E-state index contributed by atoms with van der Waals surface area (Å²) >= 11 is 0. The smallest absolute Gasteiger partial charge is 0.406 e. The highest BCUT2D eigenvalue weighted by molar-refractivity contribution is 7.89. The number of nitrogens with one attached hydrogen (secondary N) is 1. The van der Waals surface area contributed by atoms with E-state index in [1.165, 1.54) is 12.1 Å². The third-order valence-electron chi connectivity index (χ3n) is 5.03. The first-order chi connectivity index (χ1) is 14.5. The van der Waals surface area contributed by atoms with Crippen LogP contribution in [0.4, 0.5) is 13.2 Å². The van der Waals surface area contributed by atoms with Gasteiger partial charge in [-0.1, -0.05) is 6.07 Å². The SMILES string of the molecule is CCN(CC)C(=O)CNC(=O)C1CCN(S(=O)(=O)c2cccc(OC(F)(F)F)c2)CC1. The zero-order valence-electron chi connectivity index (χ0n) is 17.3. The van der Waals surface area contributed by atoms with Crippen molar-refractivity contribution in [1.29, 1.82) is 0 Å². The van der Waals surface area contributed by atoms with Crippen LogP contribution in [0.25, 0.3) is 0 Å². The molecule has 1 aliphatic heterocycles. The molecule has 0 unspecified atom stereocenters. The second-order valence-corrected chi connectivity index (χ2v) is 8.92. The zero-order chi connectivity index (χ0) is 23.2. The lowest BCUT2D eigenvalue weighted by atomic mass is 9.97. The average molecular weight is 465 g/mol. The van der Waals surface area contributed by atoms with Crippen molar-refractivity contribution in [3.05, 3.63) is 24.3 Å². The van der Waals surface area contributed by atoms with Crippen LogP contribution in [0.2, 0.25) is 0 Å². The third kappa shape index (κ3) is 6.82. The molecule has 31 heavy (non-hydrogen) atoms. The maximum Gasteiger partial charge on any atom is 0.573 e. The average Bonchev–Trinajstić information content (AvgIpc) is 2.72. The fourth-order valence-electron chi connectivity index (χ4n) is 3.33. The molecule has 12 heteroatoms. The van der Waals surface area contributed by atoms with E-state index in [-0.39, 0.29) is 49.2 Å². The summed E-state index contributed by atoms with van der Waals surface area (Å²) in [7, 11) is -4.04. The summed E-state index contributed by atoms with van der Waals surface area (Å²) in [5.41, 5.74) is 0. The molecule has 1 N–H and O–H groups in total. The van der Waals surface area contributed by atoms with Crippen LogP contribution in [-0.4, -0.2) is 68.5 Å². The lowest BCUT2D eigenvalue weighted by molar-refractivity contribution is -0.274. The number of amides is 2. The van der Waals surface area contributed by atoms with Crippen LogP contribution in [0.15, 0.2) is 29.2 Å². The lowest BCUT2D eigenvalue weighted by Crippen LogP contribution is -2.45. The molecule has 0 spiro atoms. The van der Waals surface area contributed by atoms with Crippen molar-refractivity contribution in [2.75, 3.05) is 32.7 Å². The molecule has 0 atom stereocenters. The Balaban J connectivity index is 1.95. The summed E-state index contributed by atoms with van der Waals surface area (Å²) in [4.78, 5) is 25.6. The van der Waals surface area contributed by atoms with Crippen molar-refractivity contribution in [1.82, 2.24) is 14.5 Å². The number of carbonyl (C=O) groups is 2. The molecule has 0 bridgehead atoms. The number of carbonyl (C=O) groups excluding carboxylic acids is 2. The first kappa shape index (κ1) is 24.9. The minimum Gasteiger partial charge on any atom is -0.406 e. The Morgan fingerprint density at radius 2 is 1.81 bits per heavy atom. The van der Waals surface area contributed by atoms with Gasteiger partial charge in [-0.25, -0.2) is 8.42 Å². The van der Waals surface area contributed by atoms with Gasteiger partial charge in [-0.2, -0.15) is 4.31 Å². The maximum atomic E-state index is 12.8. The summed E-state index contributed by atoms with van der Waals surface area (Å²) in [6.45, 7) is 4.70. The molecule has 1 aromatic carbocycles. The number of rotatable bonds is 8. The van der Waals surface area contributed by atoms with Crippen molar-refractivity contribution in [2.45, 2.75) is 37.9 Å². The van der Waals surface area contributed by atoms with Gasteiger partial charge in [0.05, 0.1) is 11.4 Å². The molecule has 0 radical (unpaired) electrons. The number of ether oxygens (including phenoxy) is 1. The first-order valence-electron chi connectivity index (χ1n) is 9.89. The highest BCUT2D eigenvalue weighted by Gasteiger charge is 2.34. The number of hydrogen-bond donors (Lipinski definition) is 1. The Morgan fingerprint density at radius 1 is 1.19 bits per heavy atom. The van der Waals surface area contributed by atoms with Crippen molar-refractivity contribution in [2.24, 2.45) is 5.92 Å². The van der Waals surface area contributed by atoms with Crippen LogP contribution >= 0.6 is 0 Å². The Kier molecular flexibility index (Phi) is 8.29. The van der Waals surface area contributed by atoms with Gasteiger partial charge in [-0.15, -0.1) is 13.2 Å². The third-order valence-corrected chi connectivity index (χ3v) is 6.93. The summed E-state index contributed by atoms with van der Waals surface area (Å²) in [5, 5.41) is 2.59. The van der Waals surface area contributed by atoms with Gasteiger partial charge in [-0.05, 0) is 38.8 Å². The number of nitrogens with zero attached hydrogens (tertiary/aromatic N) is 2. The molecular formula is C19H26F3N3O5S. The van der Waals surface area contributed by atoms with E-state index in [9.17, 15) is 31.2 Å². The highest BCUT2D eigenvalue weighted by Crippen LogP contribution is 2.28. The summed E-state index contributed by atoms with van der Waals surface area (Å²) < 4.78 is 67.7. The fraction of sp³-hybridized carbons (Fsp3) is 0.579. The van der Waals surface area contributed by atoms with Gasteiger partial charge in [0.1, 0.15) is 5.75 Å². The normalized spacial score (nSPS) is 16.0. The lowest BCUT2D eigenvalue weighted by Gasteiger charge is -2.30. The fourth-order valence-corrected chi connectivity index (χ4v) is 4.84. The van der Waals surface area contributed by atoms with Gasteiger partial charge >= 0.3 is 6.36 Å². The van der Waals surface area contributed by atoms with E-state index < -0.39 is 28.1 Å². The summed E-state index contributed by atoms with van der Waals surface area (Å²) in [6.07, 6.45) is -4.45. The molecule has 1 heterocycles. The number of sulfonamides is 1. The predicted octanol–water partition coefficient (Wildman–Crippen LogP) is 1.97.